The number of carbonyl (C=O) groups is 3. The van der Waals surface area contributed by atoms with E-state index in [0.29, 0.717) is 12.8 Å². The van der Waals surface area contributed by atoms with E-state index in [9.17, 15) is 18.8 Å². The van der Waals surface area contributed by atoms with Gasteiger partial charge in [-0.05, 0) is 24.8 Å². The SMILES string of the molecule is CC(C)[C@@H](OC(=O)C1(c2ccccc2F)CCCC1)C(=O)NC(N)=O. The number of halogens is 1. The van der Waals surface area contributed by atoms with Gasteiger partial charge in [-0.1, -0.05) is 44.9 Å². The van der Waals surface area contributed by atoms with Gasteiger partial charge in [0, 0.05) is 5.56 Å². The third kappa shape index (κ3) is 3.97. The number of carbonyl (C=O) groups excluding carboxylic acids is 3. The van der Waals surface area contributed by atoms with Crippen LogP contribution in [0.2, 0.25) is 0 Å². The van der Waals surface area contributed by atoms with Gasteiger partial charge in [0.1, 0.15) is 5.82 Å². The van der Waals surface area contributed by atoms with E-state index in [0.717, 1.165) is 12.8 Å². The van der Waals surface area contributed by atoms with Gasteiger partial charge in [-0.3, -0.25) is 14.9 Å². The molecule has 0 spiro atoms. The molecule has 0 bridgehead atoms. The lowest BCUT2D eigenvalue weighted by Gasteiger charge is -2.30. The van der Waals surface area contributed by atoms with Crippen LogP contribution in [-0.2, 0) is 19.7 Å². The lowest BCUT2D eigenvalue weighted by Crippen LogP contribution is -2.48. The number of esters is 1. The number of nitrogens with one attached hydrogen (secondary N) is 1. The molecular formula is C18H23FN2O4. The Kier molecular flexibility index (Phi) is 5.77. The van der Waals surface area contributed by atoms with Gasteiger partial charge in [0.05, 0.1) is 5.41 Å². The van der Waals surface area contributed by atoms with E-state index >= 15 is 0 Å². The van der Waals surface area contributed by atoms with Gasteiger partial charge in [0.15, 0.2) is 6.10 Å². The number of rotatable bonds is 5. The molecule has 3 N–H and O–H groups in total. The molecule has 0 unspecified atom stereocenters. The Hall–Kier alpha value is -2.44. The highest BCUT2D eigenvalue weighted by Crippen LogP contribution is 2.43. The van der Waals surface area contributed by atoms with Gasteiger partial charge in [0.25, 0.3) is 5.91 Å². The molecule has 1 aliphatic rings. The van der Waals surface area contributed by atoms with Crippen molar-refractivity contribution >= 4 is 17.9 Å². The molecule has 136 valence electrons. The molecule has 1 fully saturated rings. The molecule has 25 heavy (non-hydrogen) atoms. The third-order valence-corrected chi connectivity index (χ3v) is 4.58. The maximum Gasteiger partial charge on any atom is 0.318 e. The lowest BCUT2D eigenvalue weighted by molar-refractivity contribution is -0.164. The van der Waals surface area contributed by atoms with Crippen molar-refractivity contribution in [2.75, 3.05) is 0 Å². The van der Waals surface area contributed by atoms with Gasteiger partial charge >= 0.3 is 12.0 Å². The number of benzene rings is 1. The van der Waals surface area contributed by atoms with Crippen LogP contribution >= 0.6 is 0 Å². The van der Waals surface area contributed by atoms with Crippen molar-refractivity contribution < 1.29 is 23.5 Å². The molecule has 1 atom stereocenters. The maximum absolute atomic E-state index is 14.3. The molecule has 1 aromatic rings. The second-order valence-corrected chi connectivity index (χ2v) is 6.69. The smallest absolute Gasteiger partial charge is 0.318 e. The highest BCUT2D eigenvalue weighted by molar-refractivity contribution is 5.97. The quantitative estimate of drug-likeness (QED) is 0.797. The Morgan fingerprint density at radius 3 is 2.32 bits per heavy atom. The second-order valence-electron chi connectivity index (χ2n) is 6.69. The number of amides is 3. The summed E-state index contributed by atoms with van der Waals surface area (Å²) < 4.78 is 19.8. The van der Waals surface area contributed by atoms with Crippen molar-refractivity contribution in [3.63, 3.8) is 0 Å². The summed E-state index contributed by atoms with van der Waals surface area (Å²) in [7, 11) is 0. The fourth-order valence-corrected chi connectivity index (χ4v) is 3.32. The molecule has 6 nitrogen and oxygen atoms in total. The summed E-state index contributed by atoms with van der Waals surface area (Å²) in [6.07, 6.45) is 1.26. The predicted octanol–water partition coefficient (Wildman–Crippen LogP) is 2.40. The molecule has 1 aliphatic carbocycles. The summed E-state index contributed by atoms with van der Waals surface area (Å²) >= 11 is 0. The average molecular weight is 350 g/mol. The second kappa shape index (κ2) is 7.63. The third-order valence-electron chi connectivity index (χ3n) is 4.58. The minimum atomic E-state index is -1.18. The van der Waals surface area contributed by atoms with E-state index in [2.05, 4.69) is 0 Å². The first-order valence-electron chi connectivity index (χ1n) is 8.34. The Balaban J connectivity index is 2.30. The number of imide groups is 1. The zero-order valence-corrected chi connectivity index (χ0v) is 14.4. The minimum absolute atomic E-state index is 0.287. The van der Waals surface area contributed by atoms with E-state index in [1.807, 2.05) is 5.32 Å². The molecule has 7 heteroatoms. The summed E-state index contributed by atoms with van der Waals surface area (Å²) in [6, 6.07) is 5.10. The van der Waals surface area contributed by atoms with E-state index in [4.69, 9.17) is 10.5 Å². The van der Waals surface area contributed by atoms with Crippen LogP contribution in [0.4, 0.5) is 9.18 Å². The first-order valence-corrected chi connectivity index (χ1v) is 8.34. The number of urea groups is 1. The molecule has 0 aliphatic heterocycles. The summed E-state index contributed by atoms with van der Waals surface area (Å²) in [6.45, 7) is 3.37. The first kappa shape index (κ1) is 18.9. The van der Waals surface area contributed by atoms with Gasteiger partial charge in [-0.25, -0.2) is 9.18 Å². The monoisotopic (exact) mass is 350 g/mol. The fraction of sp³-hybridized carbons (Fsp3) is 0.500. The highest BCUT2D eigenvalue weighted by atomic mass is 19.1. The van der Waals surface area contributed by atoms with Crippen LogP contribution in [0.15, 0.2) is 24.3 Å². The van der Waals surface area contributed by atoms with Gasteiger partial charge in [0.2, 0.25) is 0 Å². The van der Waals surface area contributed by atoms with E-state index < -0.39 is 35.2 Å². The van der Waals surface area contributed by atoms with Crippen molar-refractivity contribution in [3.8, 4) is 0 Å². The Morgan fingerprint density at radius 1 is 1.20 bits per heavy atom. The van der Waals surface area contributed by atoms with Crippen LogP contribution in [-0.4, -0.2) is 24.0 Å². The van der Waals surface area contributed by atoms with Crippen LogP contribution in [0.3, 0.4) is 0 Å². The van der Waals surface area contributed by atoms with Crippen LogP contribution in [0.5, 0.6) is 0 Å². The number of hydrogen-bond donors (Lipinski definition) is 2. The number of hydrogen-bond acceptors (Lipinski definition) is 4. The zero-order chi connectivity index (χ0) is 18.6. The lowest BCUT2D eigenvalue weighted by atomic mass is 9.78. The molecule has 0 aromatic heterocycles. The topological polar surface area (TPSA) is 98.5 Å². The first-order chi connectivity index (χ1) is 11.8. The highest BCUT2D eigenvalue weighted by Gasteiger charge is 2.47. The Labute approximate surface area is 145 Å². The van der Waals surface area contributed by atoms with Crippen molar-refractivity contribution in [3.05, 3.63) is 35.6 Å². The van der Waals surface area contributed by atoms with Crippen LogP contribution < -0.4 is 11.1 Å². The van der Waals surface area contributed by atoms with Crippen molar-refractivity contribution in [1.82, 2.24) is 5.32 Å². The van der Waals surface area contributed by atoms with Crippen molar-refractivity contribution in [2.45, 2.75) is 51.0 Å². The summed E-state index contributed by atoms with van der Waals surface area (Å²) in [5.41, 5.74) is 4.14. The normalized spacial score (nSPS) is 17.1. The Bertz CT molecular complexity index is 669. The van der Waals surface area contributed by atoms with Gasteiger partial charge < -0.3 is 10.5 Å². The number of primary amides is 1. The summed E-state index contributed by atoms with van der Waals surface area (Å²) in [5, 5.41) is 1.93. The molecule has 0 saturated heterocycles. The van der Waals surface area contributed by atoms with Crippen LogP contribution in [0.25, 0.3) is 0 Å². The fourth-order valence-electron chi connectivity index (χ4n) is 3.32. The van der Waals surface area contributed by atoms with E-state index in [1.54, 1.807) is 32.0 Å². The van der Waals surface area contributed by atoms with Crippen LogP contribution in [0, 0.1) is 11.7 Å². The molecule has 1 saturated carbocycles. The van der Waals surface area contributed by atoms with E-state index in [-0.39, 0.29) is 11.5 Å². The van der Waals surface area contributed by atoms with Crippen LogP contribution in [0.1, 0.15) is 45.1 Å². The summed E-state index contributed by atoms with van der Waals surface area (Å²) in [4.78, 5) is 35.9. The van der Waals surface area contributed by atoms with Crippen molar-refractivity contribution in [2.24, 2.45) is 11.7 Å². The maximum atomic E-state index is 14.3. The Morgan fingerprint density at radius 2 is 1.80 bits per heavy atom. The number of nitrogens with two attached hydrogens (primary N) is 1. The molecule has 2 rings (SSSR count). The molecular weight excluding hydrogens is 327 g/mol. The van der Waals surface area contributed by atoms with Gasteiger partial charge in [-0.15, -0.1) is 0 Å². The average Bonchev–Trinajstić information content (AvgIpc) is 3.02. The molecule has 1 aromatic carbocycles. The summed E-state index contributed by atoms with van der Waals surface area (Å²) in [5.74, 6) is -2.27. The largest absolute Gasteiger partial charge is 0.451 e. The van der Waals surface area contributed by atoms with Crippen molar-refractivity contribution in [1.29, 1.82) is 0 Å². The number of ether oxygens (including phenoxy) is 1. The van der Waals surface area contributed by atoms with Gasteiger partial charge in [-0.2, -0.15) is 0 Å². The zero-order valence-electron chi connectivity index (χ0n) is 14.4. The predicted molar refractivity (Wildman–Crippen MR) is 89.0 cm³/mol. The molecule has 0 radical (unpaired) electrons. The standard InChI is InChI=1S/C18H23FN2O4/c1-11(2)14(15(22)21-17(20)24)25-16(23)18(9-5-6-10-18)12-7-3-4-8-13(12)19/h3-4,7-8,11,14H,5-6,9-10H2,1-2H3,(H3,20,21,22,24)/t14-/m1/s1. The minimum Gasteiger partial charge on any atom is -0.451 e. The van der Waals surface area contributed by atoms with E-state index in [1.165, 1.54) is 6.07 Å². The molecule has 3 amide bonds. The molecule has 0 heterocycles.